The summed E-state index contributed by atoms with van der Waals surface area (Å²) in [5, 5.41) is 18.2. The fourth-order valence-electron chi connectivity index (χ4n) is 2.57. The van der Waals surface area contributed by atoms with Gasteiger partial charge in [0.1, 0.15) is 0 Å². The van der Waals surface area contributed by atoms with Gasteiger partial charge in [-0.2, -0.15) is 13.2 Å². The number of benzene rings is 2. The van der Waals surface area contributed by atoms with E-state index >= 15 is 0 Å². The van der Waals surface area contributed by atoms with Crippen LogP contribution in [0.25, 0.3) is 11.4 Å². The summed E-state index contributed by atoms with van der Waals surface area (Å²) in [6.07, 6.45) is -4.53. The van der Waals surface area contributed by atoms with Crippen LogP contribution in [0.5, 0.6) is 0 Å². The van der Waals surface area contributed by atoms with Crippen LogP contribution in [0.4, 0.5) is 29.3 Å². The summed E-state index contributed by atoms with van der Waals surface area (Å²) >= 11 is 0. The smallest absolute Gasteiger partial charge is 0.345 e. The van der Waals surface area contributed by atoms with Crippen molar-refractivity contribution < 1.29 is 22.8 Å². The van der Waals surface area contributed by atoms with Crippen molar-refractivity contribution in [1.29, 1.82) is 0 Å². The van der Waals surface area contributed by atoms with Crippen molar-refractivity contribution >= 4 is 23.3 Å². The number of halogens is 3. The summed E-state index contributed by atoms with van der Waals surface area (Å²) < 4.78 is 38.5. The molecule has 0 spiro atoms. The molecule has 0 aliphatic heterocycles. The summed E-state index contributed by atoms with van der Waals surface area (Å²) in [6.45, 7) is 0. The maximum atomic E-state index is 12.8. The van der Waals surface area contributed by atoms with Gasteiger partial charge in [-0.15, -0.1) is 5.10 Å². The van der Waals surface area contributed by atoms with Crippen LogP contribution in [-0.2, 0) is 6.18 Å². The van der Waals surface area contributed by atoms with Crippen LogP contribution in [0.1, 0.15) is 15.9 Å². The number of hydrogen-bond donors (Lipinski definition) is 3. The van der Waals surface area contributed by atoms with Crippen LogP contribution in [0.15, 0.2) is 42.5 Å². The summed E-state index contributed by atoms with van der Waals surface area (Å²) in [7, 11) is 3.18. The number of anilines is 2. The Kier molecular flexibility index (Phi) is 5.67. The monoisotopic (exact) mass is 419 g/mol. The number of alkyl halides is 3. The molecule has 0 bridgehead atoms. The van der Waals surface area contributed by atoms with Crippen LogP contribution in [0.3, 0.4) is 0 Å². The second-order valence-electron chi connectivity index (χ2n) is 6.37. The molecule has 12 heteroatoms. The first kappa shape index (κ1) is 20.8. The Labute approximate surface area is 168 Å². The Morgan fingerprint density at radius 3 is 2.47 bits per heavy atom. The van der Waals surface area contributed by atoms with Gasteiger partial charge in [-0.1, -0.05) is 6.07 Å². The van der Waals surface area contributed by atoms with Gasteiger partial charge in [-0.25, -0.2) is 9.89 Å². The zero-order valence-corrected chi connectivity index (χ0v) is 15.8. The van der Waals surface area contributed by atoms with Crippen molar-refractivity contribution in [2.75, 3.05) is 24.7 Å². The number of aromatic amines is 1. The van der Waals surface area contributed by atoms with Crippen LogP contribution < -0.4 is 10.6 Å². The van der Waals surface area contributed by atoms with Crippen molar-refractivity contribution in [1.82, 2.24) is 25.5 Å². The number of urea groups is 1. The lowest BCUT2D eigenvalue weighted by atomic mass is 10.1. The van der Waals surface area contributed by atoms with Crippen molar-refractivity contribution in [2.45, 2.75) is 6.18 Å². The Hall–Kier alpha value is -3.96. The molecule has 0 aliphatic carbocycles. The molecule has 3 amide bonds. The van der Waals surface area contributed by atoms with E-state index in [1.165, 1.54) is 35.2 Å². The first-order valence-corrected chi connectivity index (χ1v) is 8.50. The number of carbonyl (C=O) groups excluding carboxylic acids is 2. The third kappa shape index (κ3) is 4.71. The number of aromatic nitrogens is 4. The van der Waals surface area contributed by atoms with Crippen LogP contribution in [-0.4, -0.2) is 51.6 Å². The molecule has 3 aromatic rings. The third-order valence-corrected chi connectivity index (χ3v) is 3.97. The molecule has 2 aromatic carbocycles. The highest BCUT2D eigenvalue weighted by Gasteiger charge is 2.30. The molecule has 1 heterocycles. The first-order chi connectivity index (χ1) is 14.1. The maximum absolute atomic E-state index is 12.8. The van der Waals surface area contributed by atoms with E-state index in [0.717, 1.165) is 12.1 Å². The number of nitrogens with zero attached hydrogens (tertiary/aromatic N) is 4. The van der Waals surface area contributed by atoms with Gasteiger partial charge in [0.25, 0.3) is 5.91 Å². The Morgan fingerprint density at radius 1 is 1.07 bits per heavy atom. The van der Waals surface area contributed by atoms with Gasteiger partial charge < -0.3 is 15.5 Å². The van der Waals surface area contributed by atoms with E-state index in [2.05, 4.69) is 31.3 Å². The fraction of sp³-hybridized carbons (Fsp3) is 0.167. The molecule has 0 saturated carbocycles. The van der Waals surface area contributed by atoms with Gasteiger partial charge in [0.2, 0.25) is 0 Å². The molecule has 30 heavy (non-hydrogen) atoms. The minimum absolute atomic E-state index is 0.0374. The predicted molar refractivity (Wildman–Crippen MR) is 102 cm³/mol. The number of tetrazole rings is 1. The fourth-order valence-corrected chi connectivity index (χ4v) is 2.57. The second-order valence-corrected chi connectivity index (χ2v) is 6.37. The van der Waals surface area contributed by atoms with Gasteiger partial charge in [-0.05, 0) is 46.8 Å². The van der Waals surface area contributed by atoms with Gasteiger partial charge in [0, 0.05) is 30.9 Å². The topological polar surface area (TPSA) is 116 Å². The van der Waals surface area contributed by atoms with Crippen molar-refractivity contribution in [2.24, 2.45) is 0 Å². The number of carbonyl (C=O) groups is 2. The predicted octanol–water partition coefficient (Wildman–Crippen LogP) is 3.23. The van der Waals surface area contributed by atoms with Gasteiger partial charge >= 0.3 is 12.2 Å². The van der Waals surface area contributed by atoms with Gasteiger partial charge in [0.05, 0.1) is 11.3 Å². The van der Waals surface area contributed by atoms with E-state index < -0.39 is 17.8 Å². The second kappa shape index (κ2) is 8.19. The quantitative estimate of drug-likeness (QED) is 0.601. The molecule has 3 N–H and O–H groups in total. The summed E-state index contributed by atoms with van der Waals surface area (Å²) in [4.78, 5) is 26.0. The van der Waals surface area contributed by atoms with Crippen molar-refractivity contribution in [3.8, 4) is 11.4 Å². The minimum Gasteiger partial charge on any atom is -0.345 e. The maximum Gasteiger partial charge on any atom is 0.416 e. The lowest BCUT2D eigenvalue weighted by molar-refractivity contribution is -0.137. The first-order valence-electron chi connectivity index (χ1n) is 8.50. The molecule has 0 radical (unpaired) electrons. The molecular weight excluding hydrogens is 403 g/mol. The number of nitrogens with one attached hydrogen (secondary N) is 3. The van der Waals surface area contributed by atoms with E-state index in [0.29, 0.717) is 11.1 Å². The highest BCUT2D eigenvalue weighted by atomic mass is 19.4. The summed E-state index contributed by atoms with van der Waals surface area (Å²) in [6, 6.07) is 7.91. The van der Waals surface area contributed by atoms with E-state index in [-0.39, 0.29) is 23.1 Å². The molecule has 0 aliphatic rings. The minimum atomic E-state index is -4.53. The zero-order chi connectivity index (χ0) is 21.9. The van der Waals surface area contributed by atoms with Crippen molar-refractivity contribution in [3.05, 3.63) is 53.6 Å². The molecule has 1 aromatic heterocycles. The van der Waals surface area contributed by atoms with E-state index in [9.17, 15) is 22.8 Å². The highest BCUT2D eigenvalue weighted by molar-refractivity contribution is 6.03. The molecule has 3 rings (SSSR count). The average molecular weight is 419 g/mol. The Balaban J connectivity index is 1.85. The largest absolute Gasteiger partial charge is 0.416 e. The van der Waals surface area contributed by atoms with Crippen molar-refractivity contribution in [3.63, 3.8) is 0 Å². The Morgan fingerprint density at radius 2 is 1.83 bits per heavy atom. The summed E-state index contributed by atoms with van der Waals surface area (Å²) in [5.41, 5.74) is -0.0275. The lowest BCUT2D eigenvalue weighted by Gasteiger charge is -2.14. The van der Waals surface area contributed by atoms with Gasteiger partial charge in [-0.3, -0.25) is 4.79 Å². The summed E-state index contributed by atoms with van der Waals surface area (Å²) in [5.74, 6) is -0.0820. The van der Waals surface area contributed by atoms with Gasteiger partial charge in [0.15, 0.2) is 5.82 Å². The molecule has 156 valence electrons. The van der Waals surface area contributed by atoms with Crippen LogP contribution in [0, 0.1) is 0 Å². The molecule has 9 nitrogen and oxygen atoms in total. The highest BCUT2D eigenvalue weighted by Crippen LogP contribution is 2.31. The standard InChI is InChI=1S/C18H16F3N7O2/c1-28(2)16(29)10-6-7-14(13(8-10)15-24-26-27-25-15)23-17(30)22-12-5-3-4-11(9-12)18(19,20)21/h3-9H,1-2H3,(H2,22,23,30)(H,24,25,26,27). The molecule has 0 fully saturated rings. The van der Waals surface area contributed by atoms with E-state index in [1.807, 2.05) is 0 Å². The van der Waals surface area contributed by atoms with E-state index in [4.69, 9.17) is 0 Å². The van der Waals surface area contributed by atoms with Crippen LogP contribution in [0.2, 0.25) is 0 Å². The van der Waals surface area contributed by atoms with Crippen LogP contribution >= 0.6 is 0 Å². The average Bonchev–Trinajstić information content (AvgIpc) is 3.21. The zero-order valence-electron chi connectivity index (χ0n) is 15.8. The lowest BCUT2D eigenvalue weighted by Crippen LogP contribution is -2.22. The molecule has 0 saturated heterocycles. The Bertz CT molecular complexity index is 1070. The third-order valence-electron chi connectivity index (χ3n) is 3.97. The van der Waals surface area contributed by atoms with E-state index in [1.54, 1.807) is 14.1 Å². The number of amides is 3. The number of H-pyrrole nitrogens is 1. The molecular formula is C18H16F3N7O2. The molecule has 0 unspecified atom stereocenters. The number of hydrogen-bond acceptors (Lipinski definition) is 5. The molecule has 0 atom stereocenters. The SMILES string of the molecule is CN(C)C(=O)c1ccc(NC(=O)Nc2cccc(C(F)(F)F)c2)c(-c2nnn[nH]2)c1. The normalized spacial score (nSPS) is 11.1. The number of rotatable bonds is 4.